The lowest BCUT2D eigenvalue weighted by Crippen LogP contribution is -2.41. The molecule has 0 spiro atoms. The molecule has 2 atom stereocenters. The lowest BCUT2D eigenvalue weighted by atomic mass is 9.55. The molecule has 1 saturated heterocycles. The first-order chi connectivity index (χ1) is 21.3. The molecule has 9 heteroatoms. The fourth-order valence-electron chi connectivity index (χ4n) is 6.93. The molecule has 3 aliphatic carbocycles. The average molecular weight is 586 g/mol. The Hall–Kier alpha value is -5.57. The summed E-state index contributed by atoms with van der Waals surface area (Å²) >= 11 is 0. The molecule has 4 aliphatic rings. The summed E-state index contributed by atoms with van der Waals surface area (Å²) < 4.78 is 5.18. The van der Waals surface area contributed by atoms with Crippen molar-refractivity contribution in [2.24, 2.45) is 11.8 Å². The summed E-state index contributed by atoms with van der Waals surface area (Å²) in [7, 11) is 0. The van der Waals surface area contributed by atoms with Crippen molar-refractivity contribution < 1.29 is 28.7 Å². The van der Waals surface area contributed by atoms with Crippen LogP contribution in [0.4, 0.5) is 17.1 Å². The minimum Gasteiger partial charge on any atom is -0.452 e. The van der Waals surface area contributed by atoms with Crippen molar-refractivity contribution in [3.63, 3.8) is 0 Å². The van der Waals surface area contributed by atoms with Crippen LogP contribution < -0.4 is 15.5 Å². The van der Waals surface area contributed by atoms with Crippen LogP contribution in [0.3, 0.4) is 0 Å². The molecule has 4 aromatic rings. The van der Waals surface area contributed by atoms with Crippen LogP contribution in [0.15, 0.2) is 97.1 Å². The van der Waals surface area contributed by atoms with Crippen molar-refractivity contribution >= 4 is 46.7 Å². The van der Waals surface area contributed by atoms with Crippen LogP contribution in [0, 0.1) is 11.8 Å². The first kappa shape index (κ1) is 27.3. The molecule has 0 aromatic heterocycles. The second kappa shape index (κ2) is 10.6. The van der Waals surface area contributed by atoms with Crippen LogP contribution in [0.5, 0.6) is 0 Å². The fraction of sp³-hybridized carbons (Fsp3) is 0.171. The van der Waals surface area contributed by atoms with E-state index < -0.39 is 30.3 Å². The zero-order chi connectivity index (χ0) is 30.5. The van der Waals surface area contributed by atoms with Gasteiger partial charge < -0.3 is 15.4 Å². The van der Waals surface area contributed by atoms with E-state index in [1.165, 1.54) is 24.0 Å². The molecule has 0 saturated carbocycles. The SMILES string of the molecule is CC(=O)Nc1ccc(NC(=O)COC(=O)c2ccc(N3C(=O)[C@@H]4C5c6ccccc6C(c6ccccc65)[C@H]4C3=O)cc2)cc1. The number of hydrogen-bond acceptors (Lipinski definition) is 6. The smallest absolute Gasteiger partial charge is 0.338 e. The van der Waals surface area contributed by atoms with Gasteiger partial charge in [0, 0.05) is 30.1 Å². The van der Waals surface area contributed by atoms with Gasteiger partial charge in [-0.2, -0.15) is 0 Å². The average Bonchev–Trinajstić information content (AvgIpc) is 3.30. The maximum Gasteiger partial charge on any atom is 0.338 e. The number of nitrogens with zero attached hydrogens (tertiary/aromatic N) is 1. The third kappa shape index (κ3) is 4.44. The Balaban J connectivity index is 1.04. The van der Waals surface area contributed by atoms with Crippen molar-refractivity contribution in [3.05, 3.63) is 125 Å². The van der Waals surface area contributed by atoms with Gasteiger partial charge in [-0.3, -0.25) is 19.2 Å². The lowest BCUT2D eigenvalue weighted by Gasteiger charge is -2.45. The van der Waals surface area contributed by atoms with Crippen molar-refractivity contribution in [3.8, 4) is 0 Å². The maximum absolute atomic E-state index is 13.9. The summed E-state index contributed by atoms with van der Waals surface area (Å²) in [6.45, 7) is 0.890. The molecule has 2 N–H and O–H groups in total. The summed E-state index contributed by atoms with van der Waals surface area (Å²) in [5.74, 6) is -3.33. The number of anilines is 3. The van der Waals surface area contributed by atoms with Crippen LogP contribution in [-0.2, 0) is 23.9 Å². The minimum absolute atomic E-state index is 0.178. The molecule has 4 amide bonds. The van der Waals surface area contributed by atoms with E-state index in [2.05, 4.69) is 34.9 Å². The highest BCUT2D eigenvalue weighted by Crippen LogP contribution is 2.61. The molecule has 1 heterocycles. The molecule has 1 aliphatic heterocycles. The van der Waals surface area contributed by atoms with Crippen molar-refractivity contribution in [2.45, 2.75) is 18.8 Å². The van der Waals surface area contributed by atoms with E-state index in [0.29, 0.717) is 17.1 Å². The molecular formula is C35H27N3O6. The van der Waals surface area contributed by atoms with Gasteiger partial charge >= 0.3 is 5.97 Å². The largest absolute Gasteiger partial charge is 0.452 e. The fourth-order valence-corrected chi connectivity index (χ4v) is 6.93. The Morgan fingerprint density at radius 2 is 1.11 bits per heavy atom. The molecule has 8 rings (SSSR count). The van der Waals surface area contributed by atoms with Crippen LogP contribution in [-0.4, -0.2) is 36.2 Å². The molecule has 1 fully saturated rings. The Bertz CT molecular complexity index is 1730. The number of imide groups is 1. The van der Waals surface area contributed by atoms with Gasteiger partial charge in [0.1, 0.15) is 0 Å². The molecule has 218 valence electrons. The quantitative estimate of drug-likeness (QED) is 0.247. The number of ether oxygens (including phenoxy) is 1. The van der Waals surface area contributed by atoms with Crippen LogP contribution in [0.25, 0.3) is 0 Å². The van der Waals surface area contributed by atoms with Gasteiger partial charge in [-0.1, -0.05) is 48.5 Å². The zero-order valence-electron chi connectivity index (χ0n) is 23.7. The second-order valence-electron chi connectivity index (χ2n) is 11.2. The predicted molar refractivity (Wildman–Crippen MR) is 162 cm³/mol. The Labute approximate surface area is 252 Å². The Morgan fingerprint density at radius 1 is 0.659 bits per heavy atom. The summed E-state index contributed by atoms with van der Waals surface area (Å²) in [5, 5.41) is 5.26. The molecule has 4 aromatic carbocycles. The van der Waals surface area contributed by atoms with E-state index in [-0.39, 0.29) is 35.1 Å². The highest BCUT2D eigenvalue weighted by atomic mass is 16.5. The van der Waals surface area contributed by atoms with E-state index in [9.17, 15) is 24.0 Å². The number of amides is 4. The number of nitrogens with one attached hydrogen (secondary N) is 2. The van der Waals surface area contributed by atoms with E-state index in [4.69, 9.17) is 4.74 Å². The normalized spacial score (nSPS) is 20.8. The number of benzene rings is 4. The molecular weight excluding hydrogens is 558 g/mol. The summed E-state index contributed by atoms with van der Waals surface area (Å²) in [6.07, 6.45) is 0. The summed E-state index contributed by atoms with van der Waals surface area (Å²) in [4.78, 5) is 65.2. The first-order valence-corrected chi connectivity index (χ1v) is 14.3. The monoisotopic (exact) mass is 585 g/mol. The Morgan fingerprint density at radius 3 is 1.57 bits per heavy atom. The predicted octanol–water partition coefficient (Wildman–Crippen LogP) is 4.84. The molecule has 9 nitrogen and oxygen atoms in total. The highest BCUT2D eigenvalue weighted by Gasteiger charge is 2.61. The minimum atomic E-state index is -0.718. The van der Waals surface area contributed by atoms with Crippen molar-refractivity contribution in [1.29, 1.82) is 0 Å². The van der Waals surface area contributed by atoms with E-state index in [1.807, 2.05) is 24.3 Å². The van der Waals surface area contributed by atoms with Crippen molar-refractivity contribution in [2.75, 3.05) is 22.1 Å². The van der Waals surface area contributed by atoms with Gasteiger partial charge in [0.15, 0.2) is 6.61 Å². The van der Waals surface area contributed by atoms with Crippen molar-refractivity contribution in [1.82, 2.24) is 0 Å². The number of carbonyl (C=O) groups is 5. The summed E-state index contributed by atoms with van der Waals surface area (Å²) in [5.41, 5.74) is 6.04. The number of esters is 1. The van der Waals surface area contributed by atoms with Crippen LogP contribution >= 0.6 is 0 Å². The molecule has 0 radical (unpaired) electrons. The number of carbonyl (C=O) groups excluding carboxylic acids is 5. The standard InChI is InChI=1S/C35H27N3O6/c1-19(39)36-21-12-14-22(15-13-21)37-28(40)18-44-35(43)20-10-16-23(17-11-20)38-33(41)31-29-24-6-2-3-7-25(24)30(32(31)34(38)42)27-9-5-4-8-26(27)29/h2-17,29-32H,18H2,1H3,(H,36,39)(H,37,40)/t29?,30?,31-,32-/m1/s1. The topological polar surface area (TPSA) is 122 Å². The van der Waals surface area contributed by atoms with E-state index in [0.717, 1.165) is 22.3 Å². The van der Waals surface area contributed by atoms with E-state index >= 15 is 0 Å². The highest BCUT2D eigenvalue weighted by molar-refractivity contribution is 6.23. The van der Waals surface area contributed by atoms with Crippen LogP contribution in [0.1, 0.15) is 51.4 Å². The van der Waals surface area contributed by atoms with Gasteiger partial charge in [-0.05, 0) is 70.8 Å². The molecule has 44 heavy (non-hydrogen) atoms. The lowest BCUT2D eigenvalue weighted by molar-refractivity contribution is -0.122. The van der Waals surface area contributed by atoms with Gasteiger partial charge in [0.25, 0.3) is 5.91 Å². The molecule has 0 unspecified atom stereocenters. The third-order valence-corrected chi connectivity index (χ3v) is 8.63. The number of rotatable bonds is 6. The second-order valence-corrected chi connectivity index (χ2v) is 11.2. The maximum atomic E-state index is 13.9. The Kier molecular flexibility index (Phi) is 6.58. The summed E-state index contributed by atoms with van der Waals surface area (Å²) in [6, 6.07) is 28.7. The zero-order valence-corrected chi connectivity index (χ0v) is 23.7. The number of hydrogen-bond donors (Lipinski definition) is 2. The molecule has 2 bridgehead atoms. The van der Waals surface area contributed by atoms with E-state index in [1.54, 1.807) is 36.4 Å². The van der Waals surface area contributed by atoms with Gasteiger partial charge in [0.05, 0.1) is 23.1 Å². The first-order valence-electron chi connectivity index (χ1n) is 14.3. The van der Waals surface area contributed by atoms with Gasteiger partial charge in [-0.15, -0.1) is 0 Å². The van der Waals surface area contributed by atoms with Gasteiger partial charge in [0.2, 0.25) is 17.7 Å². The van der Waals surface area contributed by atoms with Gasteiger partial charge in [-0.25, -0.2) is 9.69 Å². The third-order valence-electron chi connectivity index (χ3n) is 8.63. The van der Waals surface area contributed by atoms with Crippen LogP contribution in [0.2, 0.25) is 0 Å².